The van der Waals surface area contributed by atoms with Crippen molar-refractivity contribution in [1.29, 1.82) is 0 Å². The predicted molar refractivity (Wildman–Crippen MR) is 54.8 cm³/mol. The minimum absolute atomic E-state index is 0.387. The van der Waals surface area contributed by atoms with Crippen LogP contribution in [0.15, 0.2) is 27.8 Å². The third-order valence-electron chi connectivity index (χ3n) is 2.30. The third kappa shape index (κ3) is 1.08. The first-order valence-corrected chi connectivity index (χ1v) is 4.34. The number of H-pyrrole nitrogens is 3. The monoisotopic (exact) mass is 202 g/mol. The second-order valence-corrected chi connectivity index (χ2v) is 3.27. The van der Waals surface area contributed by atoms with E-state index in [4.69, 9.17) is 0 Å². The van der Waals surface area contributed by atoms with Gasteiger partial charge in [-0.15, -0.1) is 0 Å². The van der Waals surface area contributed by atoms with Crippen molar-refractivity contribution in [2.75, 3.05) is 0 Å². The number of nitrogens with zero attached hydrogens (tertiary/aromatic N) is 1. The Morgan fingerprint density at radius 3 is 2.87 bits per heavy atom. The van der Waals surface area contributed by atoms with Crippen molar-refractivity contribution in [2.45, 2.75) is 0 Å². The Hall–Kier alpha value is -2.37. The lowest BCUT2D eigenvalue weighted by atomic mass is 10.1. The van der Waals surface area contributed by atoms with Gasteiger partial charge in [-0.1, -0.05) is 0 Å². The lowest BCUT2D eigenvalue weighted by molar-refractivity contribution is 0.959. The highest BCUT2D eigenvalue weighted by molar-refractivity contribution is 5.93. The Bertz CT molecular complexity index is 765. The van der Waals surface area contributed by atoms with E-state index in [1.54, 1.807) is 12.1 Å². The molecule has 0 saturated heterocycles. The Morgan fingerprint density at radius 2 is 2.00 bits per heavy atom. The first-order valence-electron chi connectivity index (χ1n) is 4.34. The Morgan fingerprint density at radius 1 is 1.13 bits per heavy atom. The molecule has 0 aliphatic heterocycles. The van der Waals surface area contributed by atoms with Crippen molar-refractivity contribution >= 4 is 21.8 Å². The van der Waals surface area contributed by atoms with E-state index in [9.17, 15) is 9.59 Å². The third-order valence-corrected chi connectivity index (χ3v) is 2.30. The highest BCUT2D eigenvalue weighted by Gasteiger charge is 2.04. The zero-order chi connectivity index (χ0) is 10.4. The summed E-state index contributed by atoms with van der Waals surface area (Å²) in [5, 5.41) is 10.4. The van der Waals surface area contributed by atoms with Gasteiger partial charge in [0.25, 0.3) is 11.1 Å². The van der Waals surface area contributed by atoms with E-state index in [0.717, 1.165) is 5.52 Å². The van der Waals surface area contributed by atoms with Crippen LogP contribution in [0.4, 0.5) is 0 Å². The molecule has 0 amide bonds. The van der Waals surface area contributed by atoms with E-state index in [1.807, 2.05) is 0 Å². The number of hydrogen-bond acceptors (Lipinski definition) is 3. The van der Waals surface area contributed by atoms with E-state index in [-0.39, 0.29) is 5.56 Å². The molecule has 6 heteroatoms. The summed E-state index contributed by atoms with van der Waals surface area (Å²) in [5.74, 6) is 0. The second kappa shape index (κ2) is 2.57. The van der Waals surface area contributed by atoms with Crippen LogP contribution < -0.4 is 11.1 Å². The molecule has 0 aliphatic rings. The zero-order valence-corrected chi connectivity index (χ0v) is 7.50. The number of benzene rings is 1. The highest BCUT2D eigenvalue weighted by Crippen LogP contribution is 2.14. The molecular weight excluding hydrogens is 196 g/mol. The molecule has 0 unspecified atom stereocenters. The van der Waals surface area contributed by atoms with Gasteiger partial charge in [0.05, 0.1) is 5.52 Å². The van der Waals surface area contributed by atoms with Crippen molar-refractivity contribution in [1.82, 2.24) is 20.4 Å². The normalized spacial score (nSPS) is 11.2. The van der Waals surface area contributed by atoms with Crippen LogP contribution in [0.25, 0.3) is 21.8 Å². The minimum atomic E-state index is -0.393. The summed E-state index contributed by atoms with van der Waals surface area (Å²) in [5.41, 5.74) is 0.636. The number of nitrogens with one attached hydrogen (secondary N) is 3. The molecule has 0 aliphatic carbocycles. The van der Waals surface area contributed by atoms with Crippen molar-refractivity contribution in [2.24, 2.45) is 0 Å². The molecule has 74 valence electrons. The van der Waals surface area contributed by atoms with Crippen molar-refractivity contribution < 1.29 is 0 Å². The van der Waals surface area contributed by atoms with Crippen LogP contribution in [0.2, 0.25) is 0 Å². The Kier molecular flexibility index (Phi) is 1.37. The predicted octanol–water partition coefficient (Wildman–Crippen LogP) is 0.0927. The molecule has 15 heavy (non-hydrogen) atoms. The molecule has 0 atom stereocenters. The molecule has 3 aromatic rings. The van der Waals surface area contributed by atoms with Crippen LogP contribution in [0.1, 0.15) is 0 Å². The molecule has 0 saturated carbocycles. The summed E-state index contributed by atoms with van der Waals surface area (Å²) in [6.07, 6.45) is 0. The van der Waals surface area contributed by atoms with Crippen LogP contribution in [0.5, 0.6) is 0 Å². The van der Waals surface area contributed by atoms with Crippen LogP contribution in [0.3, 0.4) is 0 Å². The van der Waals surface area contributed by atoms with Gasteiger partial charge in [0.15, 0.2) is 0 Å². The second-order valence-electron chi connectivity index (χ2n) is 3.27. The summed E-state index contributed by atoms with van der Waals surface area (Å²) in [6, 6.07) is 4.73. The molecule has 2 heterocycles. The smallest absolute Gasteiger partial charge is 0.258 e. The largest absolute Gasteiger partial charge is 0.289 e. The van der Waals surface area contributed by atoms with Crippen molar-refractivity contribution in [3.8, 4) is 0 Å². The van der Waals surface area contributed by atoms with Gasteiger partial charge in [0, 0.05) is 11.5 Å². The molecule has 0 spiro atoms. The Labute approximate surface area is 81.9 Å². The van der Waals surface area contributed by atoms with Gasteiger partial charge in [-0.25, -0.2) is 5.21 Å². The van der Waals surface area contributed by atoms with Crippen molar-refractivity contribution in [3.05, 3.63) is 38.9 Å². The first-order chi connectivity index (χ1) is 7.24. The number of fused-ring (bicyclic) bond motifs is 2. The van der Waals surface area contributed by atoms with Crippen LogP contribution in [-0.4, -0.2) is 20.4 Å². The summed E-state index contributed by atoms with van der Waals surface area (Å²) in [6.45, 7) is 0. The maximum atomic E-state index is 11.5. The maximum Gasteiger partial charge on any atom is 0.258 e. The Balaban J connectivity index is 2.65. The SMILES string of the molecule is O=c1cc2cc3[nH][nH]nc3cc2c(=O)[nH]1. The van der Waals surface area contributed by atoms with Gasteiger partial charge in [-0.3, -0.25) is 19.7 Å². The molecule has 3 N–H and O–H groups in total. The number of aromatic amines is 3. The van der Waals surface area contributed by atoms with E-state index in [1.165, 1.54) is 6.07 Å². The van der Waals surface area contributed by atoms with Gasteiger partial charge >= 0.3 is 0 Å². The lowest BCUT2D eigenvalue weighted by Gasteiger charge is -1.94. The number of rotatable bonds is 0. The molecule has 0 fully saturated rings. The van der Waals surface area contributed by atoms with E-state index in [0.29, 0.717) is 16.3 Å². The summed E-state index contributed by atoms with van der Waals surface area (Å²) < 4.78 is 0. The summed E-state index contributed by atoms with van der Waals surface area (Å²) >= 11 is 0. The fourth-order valence-corrected chi connectivity index (χ4v) is 1.62. The number of pyridine rings is 1. The minimum Gasteiger partial charge on any atom is -0.289 e. The number of aromatic nitrogens is 4. The van der Waals surface area contributed by atoms with Gasteiger partial charge in [-0.2, -0.15) is 5.10 Å². The standard InChI is InChI=1S/C9H6N4O2/c14-8-2-4-1-6-7(12-13-11-6)3-5(4)9(15)10-8/h1-3,11,13H,(H,10,14,15). The van der Waals surface area contributed by atoms with Gasteiger partial charge in [-0.05, 0) is 17.5 Å². The van der Waals surface area contributed by atoms with Gasteiger partial charge in [0.2, 0.25) is 0 Å². The highest BCUT2D eigenvalue weighted by atomic mass is 16.2. The molecule has 0 radical (unpaired) electrons. The number of hydrogen-bond donors (Lipinski definition) is 3. The van der Waals surface area contributed by atoms with E-state index >= 15 is 0 Å². The molecule has 6 nitrogen and oxygen atoms in total. The lowest BCUT2D eigenvalue weighted by Crippen LogP contribution is -2.17. The topological polar surface area (TPSA) is 94.4 Å². The average molecular weight is 202 g/mol. The van der Waals surface area contributed by atoms with Crippen molar-refractivity contribution in [3.63, 3.8) is 0 Å². The van der Waals surface area contributed by atoms with Crippen LogP contribution >= 0.6 is 0 Å². The molecule has 1 aromatic carbocycles. The van der Waals surface area contributed by atoms with E-state index < -0.39 is 5.56 Å². The fraction of sp³-hybridized carbons (Fsp3) is 0. The van der Waals surface area contributed by atoms with Crippen LogP contribution in [0, 0.1) is 0 Å². The first kappa shape index (κ1) is 7.98. The van der Waals surface area contributed by atoms with Crippen LogP contribution in [-0.2, 0) is 0 Å². The molecule has 0 bridgehead atoms. The summed E-state index contributed by atoms with van der Waals surface area (Å²) in [7, 11) is 0. The quantitative estimate of drug-likeness (QED) is 0.482. The van der Waals surface area contributed by atoms with Gasteiger partial charge in [0.1, 0.15) is 5.52 Å². The van der Waals surface area contributed by atoms with Gasteiger partial charge < -0.3 is 0 Å². The summed E-state index contributed by atoms with van der Waals surface area (Å²) in [4.78, 5) is 24.8. The average Bonchev–Trinajstić information content (AvgIpc) is 2.61. The zero-order valence-electron chi connectivity index (χ0n) is 7.50. The molecule has 3 rings (SSSR count). The maximum absolute atomic E-state index is 11.5. The van der Waals surface area contributed by atoms with E-state index in [2.05, 4.69) is 20.4 Å². The fourth-order valence-electron chi connectivity index (χ4n) is 1.62. The molecule has 2 aromatic heterocycles. The molecular formula is C9H6N4O2.